The molecule has 0 spiro atoms. The van der Waals surface area contributed by atoms with Crippen LogP contribution in [0.4, 0.5) is 5.82 Å². The van der Waals surface area contributed by atoms with Crippen molar-refractivity contribution in [2.24, 2.45) is 0 Å². The monoisotopic (exact) mass is 333 g/mol. The van der Waals surface area contributed by atoms with Crippen LogP contribution in [0.25, 0.3) is 0 Å². The number of hydrogen-bond acceptors (Lipinski definition) is 2. The van der Waals surface area contributed by atoms with Gasteiger partial charge in [0.15, 0.2) is 0 Å². The highest BCUT2D eigenvalue weighted by Crippen LogP contribution is 2.12. The summed E-state index contributed by atoms with van der Waals surface area (Å²) in [6, 6.07) is 20.4. The van der Waals surface area contributed by atoms with Crippen molar-refractivity contribution in [1.29, 1.82) is 0 Å². The first kappa shape index (κ1) is 17.0. The van der Waals surface area contributed by atoms with Crippen molar-refractivity contribution in [1.82, 2.24) is 9.78 Å². The molecular weight excluding hydrogens is 310 g/mol. The lowest BCUT2D eigenvalue weighted by Gasteiger charge is -2.10. The number of amides is 1. The van der Waals surface area contributed by atoms with E-state index in [1.165, 1.54) is 16.7 Å². The first-order valence-corrected chi connectivity index (χ1v) is 8.68. The van der Waals surface area contributed by atoms with Gasteiger partial charge in [-0.2, -0.15) is 5.10 Å². The summed E-state index contributed by atoms with van der Waals surface area (Å²) in [6.45, 7) is 2.79. The second-order valence-corrected chi connectivity index (χ2v) is 6.08. The molecule has 0 aliphatic heterocycles. The van der Waals surface area contributed by atoms with E-state index in [2.05, 4.69) is 41.6 Å². The van der Waals surface area contributed by atoms with Crippen molar-refractivity contribution in [3.05, 3.63) is 83.6 Å². The van der Waals surface area contributed by atoms with Crippen molar-refractivity contribution in [2.45, 2.75) is 32.7 Å². The van der Waals surface area contributed by atoms with Gasteiger partial charge in [0.1, 0.15) is 5.82 Å². The second kappa shape index (κ2) is 8.29. The van der Waals surface area contributed by atoms with Crippen LogP contribution in [0.15, 0.2) is 66.9 Å². The Morgan fingerprint density at radius 1 is 0.960 bits per heavy atom. The first-order chi connectivity index (χ1) is 12.2. The van der Waals surface area contributed by atoms with E-state index in [1.54, 1.807) is 6.20 Å². The number of aromatic nitrogens is 2. The number of nitrogens with zero attached hydrogens (tertiary/aromatic N) is 2. The van der Waals surface area contributed by atoms with Gasteiger partial charge in [-0.25, -0.2) is 4.68 Å². The summed E-state index contributed by atoms with van der Waals surface area (Å²) in [5.41, 5.74) is 3.65. The van der Waals surface area contributed by atoms with E-state index in [1.807, 2.05) is 41.1 Å². The lowest BCUT2D eigenvalue weighted by molar-refractivity contribution is -0.116. The molecule has 0 aliphatic carbocycles. The van der Waals surface area contributed by atoms with Gasteiger partial charge in [-0.05, 0) is 29.5 Å². The third-order valence-electron chi connectivity index (χ3n) is 4.23. The van der Waals surface area contributed by atoms with Gasteiger partial charge in [-0.15, -0.1) is 0 Å². The lowest BCUT2D eigenvalue weighted by atomic mass is 10.1. The Kier molecular flexibility index (Phi) is 5.62. The van der Waals surface area contributed by atoms with Crippen LogP contribution < -0.4 is 5.32 Å². The van der Waals surface area contributed by atoms with Crippen molar-refractivity contribution < 1.29 is 4.79 Å². The van der Waals surface area contributed by atoms with E-state index in [0.717, 1.165) is 18.7 Å². The fraction of sp³-hybridized carbons (Fsp3) is 0.238. The lowest BCUT2D eigenvalue weighted by Crippen LogP contribution is -2.16. The maximum absolute atomic E-state index is 12.2. The average Bonchev–Trinajstić information content (AvgIpc) is 3.08. The molecule has 3 rings (SSSR count). The average molecular weight is 333 g/mol. The van der Waals surface area contributed by atoms with Crippen LogP contribution in [0, 0.1) is 0 Å². The Bertz CT molecular complexity index is 807. The quantitative estimate of drug-likeness (QED) is 0.708. The van der Waals surface area contributed by atoms with Crippen LogP contribution >= 0.6 is 0 Å². The number of anilines is 1. The number of carbonyl (C=O) groups is 1. The molecule has 0 unspecified atom stereocenters. The first-order valence-electron chi connectivity index (χ1n) is 8.68. The standard InChI is InChI=1S/C21H23N3O/c1-2-17-8-10-19(11-9-17)16-24-20(14-15-22-24)23-21(25)13-12-18-6-4-3-5-7-18/h3-11,14-15H,2,12-13,16H2,1H3,(H,23,25). The van der Waals surface area contributed by atoms with E-state index in [-0.39, 0.29) is 5.91 Å². The predicted molar refractivity (Wildman–Crippen MR) is 101 cm³/mol. The fourth-order valence-electron chi connectivity index (χ4n) is 2.73. The van der Waals surface area contributed by atoms with Gasteiger partial charge < -0.3 is 5.32 Å². The normalized spacial score (nSPS) is 10.6. The number of carbonyl (C=O) groups excluding carboxylic acids is 1. The van der Waals surface area contributed by atoms with Crippen LogP contribution in [0.1, 0.15) is 30.0 Å². The van der Waals surface area contributed by atoms with Gasteiger partial charge in [0.05, 0.1) is 12.7 Å². The summed E-state index contributed by atoms with van der Waals surface area (Å²) in [7, 11) is 0. The maximum atomic E-state index is 12.2. The number of hydrogen-bond donors (Lipinski definition) is 1. The summed E-state index contributed by atoms with van der Waals surface area (Å²) in [6.07, 6.45) is 3.94. The van der Waals surface area contributed by atoms with E-state index >= 15 is 0 Å². The third kappa shape index (κ3) is 4.80. The van der Waals surface area contributed by atoms with Gasteiger partial charge >= 0.3 is 0 Å². The van der Waals surface area contributed by atoms with Crippen molar-refractivity contribution in [3.63, 3.8) is 0 Å². The highest BCUT2D eigenvalue weighted by molar-refractivity contribution is 5.89. The molecule has 1 N–H and O–H groups in total. The molecule has 0 radical (unpaired) electrons. The molecule has 0 aliphatic rings. The summed E-state index contributed by atoms with van der Waals surface area (Å²) in [5.74, 6) is 0.740. The van der Waals surface area contributed by atoms with E-state index in [9.17, 15) is 4.79 Å². The van der Waals surface area contributed by atoms with Gasteiger partial charge in [0, 0.05) is 12.5 Å². The molecular formula is C21H23N3O. The fourth-order valence-corrected chi connectivity index (χ4v) is 2.73. The van der Waals surface area contributed by atoms with Gasteiger partial charge in [0.25, 0.3) is 0 Å². The Labute approximate surface area is 148 Å². The van der Waals surface area contributed by atoms with E-state index in [0.29, 0.717) is 13.0 Å². The SMILES string of the molecule is CCc1ccc(Cn2nccc2NC(=O)CCc2ccccc2)cc1. The molecule has 1 aromatic heterocycles. The Morgan fingerprint density at radius 2 is 1.68 bits per heavy atom. The minimum atomic E-state index is 0.00642. The molecule has 0 atom stereocenters. The summed E-state index contributed by atoms with van der Waals surface area (Å²) in [4.78, 5) is 12.2. The summed E-state index contributed by atoms with van der Waals surface area (Å²) >= 11 is 0. The van der Waals surface area contributed by atoms with Crippen molar-refractivity contribution in [3.8, 4) is 0 Å². The Hall–Kier alpha value is -2.88. The van der Waals surface area contributed by atoms with Crippen LogP contribution in [0.5, 0.6) is 0 Å². The zero-order valence-corrected chi connectivity index (χ0v) is 14.5. The highest BCUT2D eigenvalue weighted by atomic mass is 16.1. The highest BCUT2D eigenvalue weighted by Gasteiger charge is 2.08. The molecule has 1 heterocycles. The largest absolute Gasteiger partial charge is 0.311 e. The van der Waals surface area contributed by atoms with Crippen LogP contribution in [-0.2, 0) is 24.2 Å². The zero-order valence-electron chi connectivity index (χ0n) is 14.5. The molecule has 25 heavy (non-hydrogen) atoms. The molecule has 2 aromatic carbocycles. The molecule has 4 nitrogen and oxygen atoms in total. The Balaban J connectivity index is 1.58. The van der Waals surface area contributed by atoms with Gasteiger partial charge in [-0.3, -0.25) is 4.79 Å². The van der Waals surface area contributed by atoms with Crippen LogP contribution in [0.2, 0.25) is 0 Å². The summed E-state index contributed by atoms with van der Waals surface area (Å²) in [5, 5.41) is 7.29. The third-order valence-corrected chi connectivity index (χ3v) is 4.23. The minimum absolute atomic E-state index is 0.00642. The number of benzene rings is 2. The zero-order chi connectivity index (χ0) is 17.5. The molecule has 0 saturated heterocycles. The molecule has 0 bridgehead atoms. The Morgan fingerprint density at radius 3 is 2.40 bits per heavy atom. The summed E-state index contributed by atoms with van der Waals surface area (Å²) < 4.78 is 1.82. The number of aryl methyl sites for hydroxylation is 2. The van der Waals surface area contributed by atoms with Crippen molar-refractivity contribution in [2.75, 3.05) is 5.32 Å². The molecule has 1 amide bonds. The van der Waals surface area contributed by atoms with Crippen LogP contribution in [-0.4, -0.2) is 15.7 Å². The van der Waals surface area contributed by atoms with E-state index in [4.69, 9.17) is 0 Å². The molecule has 0 fully saturated rings. The minimum Gasteiger partial charge on any atom is -0.311 e. The predicted octanol–water partition coefficient (Wildman–Crippen LogP) is 4.07. The molecule has 0 saturated carbocycles. The smallest absolute Gasteiger partial charge is 0.225 e. The van der Waals surface area contributed by atoms with Crippen LogP contribution in [0.3, 0.4) is 0 Å². The van der Waals surface area contributed by atoms with E-state index < -0.39 is 0 Å². The topological polar surface area (TPSA) is 46.9 Å². The molecule has 4 heteroatoms. The maximum Gasteiger partial charge on any atom is 0.225 e. The number of nitrogens with one attached hydrogen (secondary N) is 1. The second-order valence-electron chi connectivity index (χ2n) is 6.08. The van der Waals surface area contributed by atoms with Crippen molar-refractivity contribution >= 4 is 11.7 Å². The number of rotatable bonds is 7. The molecule has 3 aromatic rings. The van der Waals surface area contributed by atoms with Gasteiger partial charge in [0.2, 0.25) is 5.91 Å². The molecule has 128 valence electrons. The van der Waals surface area contributed by atoms with Gasteiger partial charge in [-0.1, -0.05) is 61.5 Å².